The number of urea groups is 1. The first-order chi connectivity index (χ1) is 10.4. The minimum atomic E-state index is -0.114. The quantitative estimate of drug-likeness (QED) is 0.924. The molecule has 2 aromatic rings. The van der Waals surface area contributed by atoms with Gasteiger partial charge < -0.3 is 19.2 Å². The third-order valence-electron chi connectivity index (χ3n) is 3.62. The van der Waals surface area contributed by atoms with E-state index in [9.17, 15) is 4.79 Å². The van der Waals surface area contributed by atoms with Gasteiger partial charge in [-0.2, -0.15) is 0 Å². The van der Waals surface area contributed by atoms with E-state index in [2.05, 4.69) is 31.1 Å². The van der Waals surface area contributed by atoms with Crippen LogP contribution in [0.3, 0.4) is 0 Å². The van der Waals surface area contributed by atoms with Gasteiger partial charge in [0.1, 0.15) is 5.76 Å². The van der Waals surface area contributed by atoms with Crippen LogP contribution >= 0.6 is 0 Å². The molecule has 0 aliphatic heterocycles. The second kappa shape index (κ2) is 6.68. The van der Waals surface area contributed by atoms with Crippen molar-refractivity contribution in [1.82, 2.24) is 19.8 Å². The Morgan fingerprint density at radius 1 is 1.50 bits per heavy atom. The Morgan fingerprint density at radius 2 is 2.27 bits per heavy atom. The van der Waals surface area contributed by atoms with Crippen LogP contribution in [0.15, 0.2) is 41.5 Å². The summed E-state index contributed by atoms with van der Waals surface area (Å²) in [6.45, 7) is 7.47. The highest BCUT2D eigenvalue weighted by molar-refractivity contribution is 5.74. The predicted molar refractivity (Wildman–Crippen MR) is 84.2 cm³/mol. The van der Waals surface area contributed by atoms with Crippen molar-refractivity contribution in [3.8, 4) is 0 Å². The van der Waals surface area contributed by atoms with Gasteiger partial charge in [0.25, 0.3) is 0 Å². The van der Waals surface area contributed by atoms with E-state index in [-0.39, 0.29) is 17.5 Å². The lowest BCUT2D eigenvalue weighted by Crippen LogP contribution is -2.50. The third kappa shape index (κ3) is 4.38. The van der Waals surface area contributed by atoms with Crippen LogP contribution in [0.1, 0.15) is 26.5 Å². The fourth-order valence-electron chi connectivity index (χ4n) is 2.11. The molecule has 2 amide bonds. The number of nitrogens with zero attached hydrogens (tertiary/aromatic N) is 3. The molecule has 0 aromatic carbocycles. The Kier molecular flexibility index (Phi) is 4.90. The molecular formula is C16H24N4O2. The molecule has 0 aliphatic carbocycles. The topological polar surface area (TPSA) is 63.3 Å². The summed E-state index contributed by atoms with van der Waals surface area (Å²) < 4.78 is 7.25. The number of nitrogens with one attached hydrogen (secondary N) is 1. The van der Waals surface area contributed by atoms with Crippen LogP contribution in [0.25, 0.3) is 0 Å². The zero-order valence-electron chi connectivity index (χ0n) is 13.6. The number of amides is 2. The molecule has 0 saturated heterocycles. The summed E-state index contributed by atoms with van der Waals surface area (Å²) in [7, 11) is 1.76. The molecule has 0 radical (unpaired) electrons. The van der Waals surface area contributed by atoms with Crippen molar-refractivity contribution in [3.05, 3.63) is 42.9 Å². The largest absolute Gasteiger partial charge is 0.467 e. The maximum absolute atomic E-state index is 12.4. The van der Waals surface area contributed by atoms with Crippen LogP contribution in [0.2, 0.25) is 0 Å². The second-order valence-corrected chi connectivity index (χ2v) is 6.56. The molecule has 2 heterocycles. The van der Waals surface area contributed by atoms with Gasteiger partial charge in [-0.3, -0.25) is 0 Å². The average Bonchev–Trinajstić information content (AvgIpc) is 3.09. The summed E-state index contributed by atoms with van der Waals surface area (Å²) in [5.41, 5.74) is -0.0640. The number of hydrogen-bond acceptors (Lipinski definition) is 3. The van der Waals surface area contributed by atoms with E-state index in [4.69, 9.17) is 4.42 Å². The van der Waals surface area contributed by atoms with Crippen LogP contribution < -0.4 is 5.32 Å². The molecule has 0 unspecified atom stereocenters. The van der Waals surface area contributed by atoms with Gasteiger partial charge in [0, 0.05) is 26.0 Å². The van der Waals surface area contributed by atoms with Crippen molar-refractivity contribution in [2.24, 2.45) is 5.41 Å². The van der Waals surface area contributed by atoms with Gasteiger partial charge in [-0.15, -0.1) is 0 Å². The minimum Gasteiger partial charge on any atom is -0.467 e. The third-order valence-corrected chi connectivity index (χ3v) is 3.62. The lowest BCUT2D eigenvalue weighted by molar-refractivity contribution is 0.178. The number of carbonyl (C=O) groups is 1. The van der Waals surface area contributed by atoms with Crippen LogP contribution in [0.4, 0.5) is 4.79 Å². The van der Waals surface area contributed by atoms with Gasteiger partial charge in [-0.05, 0) is 17.5 Å². The normalized spacial score (nSPS) is 12.9. The zero-order valence-corrected chi connectivity index (χ0v) is 13.6. The van der Waals surface area contributed by atoms with E-state index in [0.29, 0.717) is 13.1 Å². The van der Waals surface area contributed by atoms with Crippen LogP contribution in [0.5, 0.6) is 0 Å². The van der Waals surface area contributed by atoms with Gasteiger partial charge >= 0.3 is 6.03 Å². The molecule has 2 aromatic heterocycles. The summed E-state index contributed by atoms with van der Waals surface area (Å²) in [4.78, 5) is 18.1. The van der Waals surface area contributed by atoms with Crippen molar-refractivity contribution in [1.29, 1.82) is 0 Å². The fraction of sp³-hybridized carbons (Fsp3) is 0.500. The van der Waals surface area contributed by atoms with Crippen LogP contribution in [-0.4, -0.2) is 33.6 Å². The summed E-state index contributed by atoms with van der Waals surface area (Å²) in [5, 5.41) is 3.10. The maximum atomic E-state index is 12.4. The second-order valence-electron chi connectivity index (χ2n) is 6.56. The molecule has 1 N–H and O–H groups in total. The van der Waals surface area contributed by atoms with Crippen LogP contribution in [0, 0.1) is 5.41 Å². The van der Waals surface area contributed by atoms with Crippen molar-refractivity contribution in [3.63, 3.8) is 0 Å². The van der Waals surface area contributed by atoms with E-state index in [1.807, 2.05) is 22.9 Å². The Balaban J connectivity index is 1.98. The molecule has 0 fully saturated rings. The Morgan fingerprint density at radius 3 is 2.82 bits per heavy atom. The minimum absolute atomic E-state index is 0.00625. The van der Waals surface area contributed by atoms with Gasteiger partial charge in [0.15, 0.2) is 0 Å². The van der Waals surface area contributed by atoms with Gasteiger partial charge in [0.05, 0.1) is 25.2 Å². The van der Waals surface area contributed by atoms with E-state index < -0.39 is 0 Å². The lowest BCUT2D eigenvalue weighted by atomic mass is 9.86. The molecule has 0 spiro atoms. The van der Waals surface area contributed by atoms with Gasteiger partial charge in [-0.1, -0.05) is 20.8 Å². The van der Waals surface area contributed by atoms with Crippen molar-refractivity contribution >= 4 is 6.03 Å². The average molecular weight is 304 g/mol. The molecular weight excluding hydrogens is 280 g/mol. The Labute approximate surface area is 131 Å². The highest BCUT2D eigenvalue weighted by Gasteiger charge is 2.27. The molecule has 2 rings (SSSR count). The van der Waals surface area contributed by atoms with Crippen molar-refractivity contribution in [2.75, 3.05) is 7.05 Å². The molecule has 0 saturated carbocycles. The Hall–Kier alpha value is -2.24. The number of carbonyl (C=O) groups excluding carboxylic acids is 1. The highest BCUT2D eigenvalue weighted by atomic mass is 16.3. The molecule has 22 heavy (non-hydrogen) atoms. The first-order valence-electron chi connectivity index (χ1n) is 7.36. The first kappa shape index (κ1) is 16.1. The SMILES string of the molecule is CN(Cc1ccco1)C(=O)N[C@H](Cn1ccnc1)C(C)(C)C. The summed E-state index contributed by atoms with van der Waals surface area (Å²) in [6.07, 6.45) is 7.01. The number of hydrogen-bond donors (Lipinski definition) is 1. The van der Waals surface area contributed by atoms with E-state index >= 15 is 0 Å². The highest BCUT2D eigenvalue weighted by Crippen LogP contribution is 2.21. The summed E-state index contributed by atoms with van der Waals surface area (Å²) in [6, 6.07) is 3.55. The molecule has 120 valence electrons. The number of aromatic nitrogens is 2. The summed E-state index contributed by atoms with van der Waals surface area (Å²) >= 11 is 0. The molecule has 6 heteroatoms. The smallest absolute Gasteiger partial charge is 0.317 e. The fourth-order valence-corrected chi connectivity index (χ4v) is 2.11. The van der Waals surface area contributed by atoms with E-state index in [1.165, 1.54) is 0 Å². The van der Waals surface area contributed by atoms with Gasteiger partial charge in [0.2, 0.25) is 0 Å². The van der Waals surface area contributed by atoms with Crippen molar-refractivity contribution in [2.45, 2.75) is 39.9 Å². The molecule has 0 aliphatic rings. The molecule has 0 bridgehead atoms. The number of furan rings is 1. The Bertz CT molecular complexity index is 570. The van der Waals surface area contributed by atoms with Gasteiger partial charge in [-0.25, -0.2) is 9.78 Å². The van der Waals surface area contributed by atoms with E-state index in [1.54, 1.807) is 30.7 Å². The standard InChI is InChI=1S/C16H24N4O2/c1-16(2,3)14(11-20-8-7-17-12-20)18-15(21)19(4)10-13-6-5-9-22-13/h5-9,12,14H,10-11H2,1-4H3,(H,18,21)/t14-/m1/s1. The maximum Gasteiger partial charge on any atom is 0.317 e. The molecule has 1 atom stereocenters. The number of imidazole rings is 1. The van der Waals surface area contributed by atoms with Crippen molar-refractivity contribution < 1.29 is 9.21 Å². The number of rotatable bonds is 5. The first-order valence-corrected chi connectivity index (χ1v) is 7.36. The lowest BCUT2D eigenvalue weighted by Gasteiger charge is -2.33. The zero-order chi connectivity index (χ0) is 16.2. The summed E-state index contributed by atoms with van der Waals surface area (Å²) in [5.74, 6) is 0.763. The van der Waals surface area contributed by atoms with E-state index in [0.717, 1.165) is 5.76 Å². The predicted octanol–water partition coefficient (Wildman–Crippen LogP) is 2.73. The van der Waals surface area contributed by atoms with Crippen LogP contribution in [-0.2, 0) is 13.1 Å². The monoisotopic (exact) mass is 304 g/mol. The molecule has 6 nitrogen and oxygen atoms in total.